The van der Waals surface area contributed by atoms with Crippen LogP contribution in [0.5, 0.6) is 0 Å². The third kappa shape index (κ3) is 2.35. The number of nitrogens with zero attached hydrogens (tertiary/aromatic N) is 3. The van der Waals surface area contributed by atoms with Gasteiger partial charge in [0.05, 0.1) is 22.1 Å². The molecule has 0 amide bonds. The van der Waals surface area contributed by atoms with E-state index >= 15 is 0 Å². The summed E-state index contributed by atoms with van der Waals surface area (Å²) in [6, 6.07) is 16.2. The Labute approximate surface area is 120 Å². The van der Waals surface area contributed by atoms with Crippen LogP contribution in [0.4, 0.5) is 5.69 Å². The number of aromatic nitrogens is 1. The molecule has 5 heteroatoms. The summed E-state index contributed by atoms with van der Waals surface area (Å²) in [5.74, 6) is 0. The molecule has 3 rings (SSSR count). The number of fused-ring (bicyclic) bond motifs is 1. The predicted molar refractivity (Wildman–Crippen MR) is 78.9 cm³/mol. The maximum Gasteiger partial charge on any atom is 0.271 e. The normalized spacial score (nSPS) is 10.4. The molecule has 0 radical (unpaired) electrons. The second kappa shape index (κ2) is 5.10. The molecule has 1 aromatic heterocycles. The van der Waals surface area contributed by atoms with E-state index in [4.69, 9.17) is 5.26 Å². The molecule has 0 spiro atoms. The highest BCUT2D eigenvalue weighted by molar-refractivity contribution is 5.82. The summed E-state index contributed by atoms with van der Waals surface area (Å²) < 4.78 is 1.92. The van der Waals surface area contributed by atoms with Crippen molar-refractivity contribution >= 4 is 16.6 Å². The zero-order valence-corrected chi connectivity index (χ0v) is 11.1. The Balaban J connectivity index is 2.07. The Hall–Kier alpha value is -3.13. The maximum absolute atomic E-state index is 10.9. The van der Waals surface area contributed by atoms with Crippen molar-refractivity contribution in [3.05, 3.63) is 76.0 Å². The lowest BCUT2D eigenvalue weighted by atomic mass is 10.1. The van der Waals surface area contributed by atoms with Crippen LogP contribution in [0.1, 0.15) is 11.1 Å². The van der Waals surface area contributed by atoms with Gasteiger partial charge in [0.2, 0.25) is 0 Å². The molecule has 1 heterocycles. The van der Waals surface area contributed by atoms with Gasteiger partial charge in [0.15, 0.2) is 0 Å². The first kappa shape index (κ1) is 12.9. The molecule has 0 saturated carbocycles. The van der Waals surface area contributed by atoms with Crippen LogP contribution in [0.25, 0.3) is 10.9 Å². The van der Waals surface area contributed by atoms with Gasteiger partial charge in [-0.2, -0.15) is 5.26 Å². The van der Waals surface area contributed by atoms with Crippen molar-refractivity contribution in [1.29, 1.82) is 5.26 Å². The average molecular weight is 277 g/mol. The minimum atomic E-state index is -0.403. The third-order valence-electron chi connectivity index (χ3n) is 3.45. The van der Waals surface area contributed by atoms with E-state index in [1.165, 1.54) is 6.07 Å². The highest BCUT2D eigenvalue weighted by Crippen LogP contribution is 2.23. The van der Waals surface area contributed by atoms with E-state index < -0.39 is 4.92 Å². The lowest BCUT2D eigenvalue weighted by Crippen LogP contribution is -2.00. The fourth-order valence-corrected chi connectivity index (χ4v) is 2.37. The molecule has 0 saturated heterocycles. The van der Waals surface area contributed by atoms with E-state index in [2.05, 4.69) is 6.07 Å². The van der Waals surface area contributed by atoms with Crippen LogP contribution in [-0.2, 0) is 6.54 Å². The van der Waals surface area contributed by atoms with Gasteiger partial charge in [-0.3, -0.25) is 10.1 Å². The van der Waals surface area contributed by atoms with E-state index in [1.807, 2.05) is 35.0 Å². The fraction of sp³-hybridized carbons (Fsp3) is 0.0625. The van der Waals surface area contributed by atoms with Gasteiger partial charge in [-0.1, -0.05) is 18.2 Å². The molecule has 0 atom stereocenters. The molecule has 0 N–H and O–H groups in total. The number of rotatable bonds is 3. The quantitative estimate of drug-likeness (QED) is 0.543. The van der Waals surface area contributed by atoms with Crippen LogP contribution < -0.4 is 0 Å². The standard InChI is InChI=1S/C16H11N3O2/c17-10-13-3-1-2-4-14(13)11-18-8-7-12-5-6-15(19(20)21)9-16(12)18/h1-9H,11H2. The highest BCUT2D eigenvalue weighted by atomic mass is 16.6. The topological polar surface area (TPSA) is 71.9 Å². The predicted octanol–water partition coefficient (Wildman–Crippen LogP) is 3.47. The summed E-state index contributed by atoms with van der Waals surface area (Å²) in [5.41, 5.74) is 2.36. The smallest absolute Gasteiger partial charge is 0.271 e. The third-order valence-corrected chi connectivity index (χ3v) is 3.45. The van der Waals surface area contributed by atoms with Gasteiger partial charge in [0.1, 0.15) is 0 Å². The van der Waals surface area contributed by atoms with Gasteiger partial charge >= 0.3 is 0 Å². The second-order valence-corrected chi connectivity index (χ2v) is 4.71. The summed E-state index contributed by atoms with van der Waals surface area (Å²) in [6.45, 7) is 0.508. The van der Waals surface area contributed by atoms with E-state index in [0.29, 0.717) is 12.1 Å². The largest absolute Gasteiger partial charge is 0.343 e. The molecule has 0 aliphatic heterocycles. The molecule has 0 fully saturated rings. The summed E-state index contributed by atoms with van der Waals surface area (Å²) >= 11 is 0. The first-order chi connectivity index (χ1) is 10.2. The summed E-state index contributed by atoms with van der Waals surface area (Å²) in [5, 5.41) is 21.0. The molecule has 21 heavy (non-hydrogen) atoms. The molecular weight excluding hydrogens is 266 g/mol. The molecule has 3 aromatic rings. The summed E-state index contributed by atoms with van der Waals surface area (Å²) in [6.07, 6.45) is 1.88. The maximum atomic E-state index is 10.9. The van der Waals surface area contributed by atoms with Gasteiger partial charge in [-0.25, -0.2) is 0 Å². The average Bonchev–Trinajstić information content (AvgIpc) is 2.90. The molecule has 0 aliphatic carbocycles. The van der Waals surface area contributed by atoms with Gasteiger partial charge < -0.3 is 4.57 Å². The van der Waals surface area contributed by atoms with E-state index in [0.717, 1.165) is 16.5 Å². The number of nitro groups is 1. The number of hydrogen-bond donors (Lipinski definition) is 0. The molecule has 0 unspecified atom stereocenters. The highest BCUT2D eigenvalue weighted by Gasteiger charge is 2.10. The van der Waals surface area contributed by atoms with Crippen LogP contribution in [0, 0.1) is 21.4 Å². The van der Waals surface area contributed by atoms with Crippen molar-refractivity contribution in [2.75, 3.05) is 0 Å². The Morgan fingerprint density at radius 1 is 1.19 bits per heavy atom. The van der Waals surface area contributed by atoms with Crippen molar-refractivity contribution in [2.24, 2.45) is 0 Å². The minimum absolute atomic E-state index is 0.0658. The van der Waals surface area contributed by atoms with Crippen LogP contribution in [0.3, 0.4) is 0 Å². The van der Waals surface area contributed by atoms with E-state index in [1.54, 1.807) is 18.2 Å². The SMILES string of the molecule is N#Cc1ccccc1Cn1ccc2ccc([N+](=O)[O-])cc21. The summed E-state index contributed by atoms with van der Waals surface area (Å²) in [4.78, 5) is 10.5. The van der Waals surface area contributed by atoms with Gasteiger partial charge in [-0.15, -0.1) is 0 Å². The zero-order chi connectivity index (χ0) is 14.8. The van der Waals surface area contributed by atoms with E-state index in [-0.39, 0.29) is 5.69 Å². The van der Waals surface area contributed by atoms with Gasteiger partial charge in [-0.05, 0) is 23.8 Å². The van der Waals surface area contributed by atoms with Crippen LogP contribution in [-0.4, -0.2) is 9.49 Å². The van der Waals surface area contributed by atoms with Crippen molar-refractivity contribution < 1.29 is 4.92 Å². The van der Waals surface area contributed by atoms with Crippen LogP contribution >= 0.6 is 0 Å². The monoisotopic (exact) mass is 277 g/mol. The van der Waals surface area contributed by atoms with E-state index in [9.17, 15) is 10.1 Å². The molecular formula is C16H11N3O2. The molecule has 5 nitrogen and oxygen atoms in total. The van der Waals surface area contributed by atoms with Crippen molar-refractivity contribution in [1.82, 2.24) is 4.57 Å². The van der Waals surface area contributed by atoms with Gasteiger partial charge in [0.25, 0.3) is 5.69 Å². The lowest BCUT2D eigenvalue weighted by molar-refractivity contribution is -0.384. The number of hydrogen-bond acceptors (Lipinski definition) is 3. The zero-order valence-electron chi connectivity index (χ0n) is 11.1. The first-order valence-corrected chi connectivity index (χ1v) is 6.40. The molecule has 0 aliphatic rings. The molecule has 0 bridgehead atoms. The second-order valence-electron chi connectivity index (χ2n) is 4.71. The number of nitriles is 1. The lowest BCUT2D eigenvalue weighted by Gasteiger charge is -2.07. The van der Waals surface area contributed by atoms with Crippen molar-refractivity contribution in [2.45, 2.75) is 6.54 Å². The molecule has 102 valence electrons. The number of nitro benzene ring substituents is 1. The number of benzene rings is 2. The minimum Gasteiger partial charge on any atom is -0.343 e. The van der Waals surface area contributed by atoms with Gasteiger partial charge in [0, 0.05) is 30.3 Å². The molecule has 2 aromatic carbocycles. The van der Waals surface area contributed by atoms with Crippen LogP contribution in [0.15, 0.2) is 54.7 Å². The fourth-order valence-electron chi connectivity index (χ4n) is 2.37. The van der Waals surface area contributed by atoms with Crippen molar-refractivity contribution in [3.8, 4) is 6.07 Å². The Morgan fingerprint density at radius 3 is 2.76 bits per heavy atom. The Bertz CT molecular complexity index is 875. The summed E-state index contributed by atoms with van der Waals surface area (Å²) in [7, 11) is 0. The Kier molecular flexibility index (Phi) is 3.13. The first-order valence-electron chi connectivity index (χ1n) is 6.40. The van der Waals surface area contributed by atoms with Crippen LogP contribution in [0.2, 0.25) is 0 Å². The number of non-ortho nitro benzene ring substituents is 1. The van der Waals surface area contributed by atoms with Crippen molar-refractivity contribution in [3.63, 3.8) is 0 Å². The Morgan fingerprint density at radius 2 is 2.00 bits per heavy atom.